The molecular weight excluding hydrogens is 359 g/mol. The molecule has 1 N–H and O–H groups in total. The van der Waals surface area contributed by atoms with Gasteiger partial charge < -0.3 is 14.8 Å². The Morgan fingerprint density at radius 3 is 2.52 bits per heavy atom. The number of anilines is 2. The lowest BCUT2D eigenvalue weighted by Gasteiger charge is -2.15. The lowest BCUT2D eigenvalue weighted by molar-refractivity contribution is -0.137. The highest BCUT2D eigenvalue weighted by molar-refractivity contribution is 5.61. The van der Waals surface area contributed by atoms with Crippen molar-refractivity contribution in [2.24, 2.45) is 0 Å². The average molecular weight is 375 g/mol. The SMILES string of the molecule is COc1cccc(Nc2nc(OCc3ccccc3)ncc2C(F)(F)F)c1. The zero-order chi connectivity index (χ0) is 19.3. The van der Waals surface area contributed by atoms with Crippen molar-refractivity contribution in [1.29, 1.82) is 0 Å². The fraction of sp³-hybridized carbons (Fsp3) is 0.158. The fourth-order valence-electron chi connectivity index (χ4n) is 2.30. The second-order valence-electron chi connectivity index (χ2n) is 5.54. The Kier molecular flexibility index (Phi) is 5.44. The van der Waals surface area contributed by atoms with Crippen LogP contribution < -0.4 is 14.8 Å². The van der Waals surface area contributed by atoms with Crippen LogP contribution >= 0.6 is 0 Å². The maximum atomic E-state index is 13.3. The highest BCUT2D eigenvalue weighted by atomic mass is 19.4. The largest absolute Gasteiger partial charge is 0.497 e. The maximum absolute atomic E-state index is 13.3. The molecule has 140 valence electrons. The van der Waals surface area contributed by atoms with Crippen molar-refractivity contribution in [3.8, 4) is 11.8 Å². The van der Waals surface area contributed by atoms with Crippen molar-refractivity contribution < 1.29 is 22.6 Å². The van der Waals surface area contributed by atoms with Crippen LogP contribution in [0.25, 0.3) is 0 Å². The van der Waals surface area contributed by atoms with Gasteiger partial charge in [-0.2, -0.15) is 18.2 Å². The monoisotopic (exact) mass is 375 g/mol. The highest BCUT2D eigenvalue weighted by Crippen LogP contribution is 2.35. The summed E-state index contributed by atoms with van der Waals surface area (Å²) in [6, 6.07) is 15.5. The number of alkyl halides is 3. The molecule has 0 spiro atoms. The molecule has 0 unspecified atom stereocenters. The molecule has 1 aromatic heterocycles. The van der Waals surface area contributed by atoms with Crippen LogP contribution in [0, 0.1) is 0 Å². The van der Waals surface area contributed by atoms with E-state index >= 15 is 0 Å². The van der Waals surface area contributed by atoms with E-state index in [1.54, 1.807) is 24.3 Å². The molecule has 0 saturated carbocycles. The molecule has 3 rings (SSSR count). The lowest BCUT2D eigenvalue weighted by atomic mass is 10.2. The molecule has 1 heterocycles. The summed E-state index contributed by atoms with van der Waals surface area (Å²) in [6.45, 7) is 0.144. The van der Waals surface area contributed by atoms with Gasteiger partial charge in [-0.3, -0.25) is 0 Å². The molecule has 8 heteroatoms. The molecular formula is C19H16F3N3O2. The third-order valence-electron chi connectivity index (χ3n) is 3.62. The van der Waals surface area contributed by atoms with Crippen molar-refractivity contribution >= 4 is 11.5 Å². The molecule has 5 nitrogen and oxygen atoms in total. The molecule has 27 heavy (non-hydrogen) atoms. The average Bonchev–Trinajstić information content (AvgIpc) is 2.66. The van der Waals surface area contributed by atoms with Crippen molar-refractivity contribution in [2.45, 2.75) is 12.8 Å². The van der Waals surface area contributed by atoms with E-state index in [0.29, 0.717) is 17.6 Å². The van der Waals surface area contributed by atoms with E-state index in [1.165, 1.54) is 7.11 Å². The Morgan fingerprint density at radius 1 is 1.04 bits per heavy atom. The first-order valence-corrected chi connectivity index (χ1v) is 7.98. The third kappa shape index (κ3) is 4.87. The van der Waals surface area contributed by atoms with Gasteiger partial charge in [0.25, 0.3) is 0 Å². The van der Waals surface area contributed by atoms with Gasteiger partial charge in [-0.15, -0.1) is 0 Å². The minimum atomic E-state index is -4.61. The molecule has 0 amide bonds. The first-order valence-electron chi connectivity index (χ1n) is 7.98. The predicted molar refractivity (Wildman–Crippen MR) is 94.1 cm³/mol. The summed E-state index contributed by atoms with van der Waals surface area (Å²) in [5.74, 6) is 0.108. The summed E-state index contributed by atoms with van der Waals surface area (Å²) in [7, 11) is 1.47. The van der Waals surface area contributed by atoms with E-state index in [-0.39, 0.29) is 12.6 Å². The topological polar surface area (TPSA) is 56.3 Å². The van der Waals surface area contributed by atoms with Crippen LogP contribution in [-0.2, 0) is 12.8 Å². The van der Waals surface area contributed by atoms with Crippen LogP contribution in [0.15, 0.2) is 60.8 Å². The first kappa shape index (κ1) is 18.5. The Labute approximate surface area is 153 Å². The molecule has 0 aliphatic heterocycles. The van der Waals surface area contributed by atoms with Crippen LogP contribution in [0.3, 0.4) is 0 Å². The number of methoxy groups -OCH3 is 1. The van der Waals surface area contributed by atoms with Crippen LogP contribution in [0.1, 0.15) is 11.1 Å². The minimum Gasteiger partial charge on any atom is -0.497 e. The smallest absolute Gasteiger partial charge is 0.421 e. The van der Waals surface area contributed by atoms with Gasteiger partial charge in [0, 0.05) is 18.0 Å². The van der Waals surface area contributed by atoms with Crippen molar-refractivity contribution in [1.82, 2.24) is 9.97 Å². The zero-order valence-corrected chi connectivity index (χ0v) is 14.3. The van der Waals surface area contributed by atoms with E-state index in [1.807, 2.05) is 30.3 Å². The van der Waals surface area contributed by atoms with Crippen LogP contribution in [-0.4, -0.2) is 17.1 Å². The van der Waals surface area contributed by atoms with Crippen LogP contribution in [0.2, 0.25) is 0 Å². The molecule has 0 aliphatic carbocycles. The quantitative estimate of drug-likeness (QED) is 0.669. The summed E-state index contributed by atoms with van der Waals surface area (Å²) >= 11 is 0. The van der Waals surface area contributed by atoms with Gasteiger partial charge in [-0.05, 0) is 17.7 Å². The molecule has 0 radical (unpaired) electrons. The van der Waals surface area contributed by atoms with Gasteiger partial charge in [0.05, 0.1) is 7.11 Å². The van der Waals surface area contributed by atoms with Gasteiger partial charge in [0.2, 0.25) is 0 Å². The van der Waals surface area contributed by atoms with Gasteiger partial charge in [-0.1, -0.05) is 36.4 Å². The third-order valence-corrected chi connectivity index (χ3v) is 3.62. The van der Waals surface area contributed by atoms with Crippen LogP contribution in [0.4, 0.5) is 24.7 Å². The van der Waals surface area contributed by atoms with E-state index in [9.17, 15) is 13.2 Å². The van der Waals surface area contributed by atoms with Crippen molar-refractivity contribution in [3.63, 3.8) is 0 Å². The Morgan fingerprint density at radius 2 is 1.81 bits per heavy atom. The number of hydrogen-bond acceptors (Lipinski definition) is 5. The Hall–Kier alpha value is -3.29. The summed E-state index contributed by atoms with van der Waals surface area (Å²) in [5.41, 5.74) is 0.258. The number of nitrogens with one attached hydrogen (secondary N) is 1. The molecule has 2 aromatic carbocycles. The van der Waals surface area contributed by atoms with Crippen molar-refractivity contribution in [2.75, 3.05) is 12.4 Å². The normalized spacial score (nSPS) is 11.1. The van der Waals surface area contributed by atoms with Gasteiger partial charge in [-0.25, -0.2) is 4.98 Å². The Bertz CT molecular complexity index is 902. The first-order chi connectivity index (χ1) is 13.0. The van der Waals surface area contributed by atoms with E-state index in [2.05, 4.69) is 15.3 Å². The van der Waals surface area contributed by atoms with Gasteiger partial charge in [0.1, 0.15) is 23.7 Å². The van der Waals surface area contributed by atoms with Crippen LogP contribution in [0.5, 0.6) is 11.8 Å². The number of ether oxygens (including phenoxy) is 2. The number of rotatable bonds is 6. The number of aromatic nitrogens is 2. The second kappa shape index (κ2) is 7.94. The summed E-state index contributed by atoms with van der Waals surface area (Å²) in [4.78, 5) is 7.58. The number of hydrogen-bond donors (Lipinski definition) is 1. The van der Waals surface area contributed by atoms with E-state index in [4.69, 9.17) is 9.47 Å². The Balaban J connectivity index is 1.86. The van der Waals surface area contributed by atoms with E-state index in [0.717, 1.165) is 5.56 Å². The van der Waals surface area contributed by atoms with Crippen molar-refractivity contribution in [3.05, 3.63) is 71.9 Å². The molecule has 0 fully saturated rings. The number of nitrogens with zero attached hydrogens (tertiary/aromatic N) is 2. The molecule has 0 aliphatic rings. The van der Waals surface area contributed by atoms with E-state index < -0.39 is 17.6 Å². The molecule has 0 bridgehead atoms. The highest BCUT2D eigenvalue weighted by Gasteiger charge is 2.35. The van der Waals surface area contributed by atoms with Gasteiger partial charge in [0.15, 0.2) is 0 Å². The summed E-state index contributed by atoms with van der Waals surface area (Å²) in [5, 5.41) is 2.66. The zero-order valence-electron chi connectivity index (χ0n) is 14.3. The standard InChI is InChI=1S/C19H16F3N3O2/c1-26-15-9-5-8-14(10-15)24-17-16(19(20,21)22)11-23-18(25-17)27-12-13-6-3-2-4-7-13/h2-11H,12H2,1H3,(H,23,24,25). The van der Waals surface area contributed by atoms with Gasteiger partial charge >= 0.3 is 12.2 Å². The maximum Gasteiger partial charge on any atom is 0.421 e. The lowest BCUT2D eigenvalue weighted by Crippen LogP contribution is -2.12. The molecule has 0 atom stereocenters. The fourth-order valence-corrected chi connectivity index (χ4v) is 2.30. The predicted octanol–water partition coefficient (Wildman–Crippen LogP) is 4.83. The molecule has 0 saturated heterocycles. The summed E-state index contributed by atoms with van der Waals surface area (Å²) < 4.78 is 50.4. The number of halogens is 3. The number of benzene rings is 2. The minimum absolute atomic E-state index is 0.144. The molecule has 3 aromatic rings. The summed E-state index contributed by atoms with van der Waals surface area (Å²) in [6.07, 6.45) is -3.91. The second-order valence-corrected chi connectivity index (χ2v) is 5.54.